The van der Waals surface area contributed by atoms with Gasteiger partial charge in [-0.1, -0.05) is 23.5 Å². The second-order valence-corrected chi connectivity index (χ2v) is 10.9. The Labute approximate surface area is 227 Å². The summed E-state index contributed by atoms with van der Waals surface area (Å²) >= 11 is 2.78. The molecule has 1 saturated heterocycles. The fourth-order valence-corrected chi connectivity index (χ4v) is 5.90. The third-order valence-electron chi connectivity index (χ3n) is 6.20. The number of carboxylic acid groups (broad SMARTS) is 1. The number of carboxylic acids is 1. The number of para-hydroxylation sites is 1. The first-order chi connectivity index (χ1) is 18.5. The molecule has 1 unspecified atom stereocenters. The maximum absolute atomic E-state index is 11.4. The van der Waals surface area contributed by atoms with Crippen molar-refractivity contribution in [2.75, 3.05) is 49.6 Å². The number of morpholine rings is 1. The molecule has 1 atom stereocenters. The van der Waals surface area contributed by atoms with Crippen molar-refractivity contribution in [2.24, 2.45) is 0 Å². The molecule has 4 heterocycles. The summed E-state index contributed by atoms with van der Waals surface area (Å²) in [6.07, 6.45) is 0.795. The zero-order valence-corrected chi connectivity index (χ0v) is 22.5. The molecular formula is C25H29N7O4S2. The quantitative estimate of drug-likeness (QED) is 0.248. The molecule has 0 aliphatic carbocycles. The van der Waals surface area contributed by atoms with Gasteiger partial charge in [-0.2, -0.15) is 0 Å². The number of aromatic nitrogens is 4. The Morgan fingerprint density at radius 1 is 1.24 bits per heavy atom. The van der Waals surface area contributed by atoms with Crippen molar-refractivity contribution >= 4 is 60.8 Å². The Kier molecular flexibility index (Phi) is 8.39. The lowest BCUT2D eigenvalue weighted by Gasteiger charge is -2.29. The van der Waals surface area contributed by atoms with E-state index in [0.29, 0.717) is 55.9 Å². The predicted octanol–water partition coefficient (Wildman–Crippen LogP) is 3.90. The van der Waals surface area contributed by atoms with Crippen LogP contribution in [0.5, 0.6) is 0 Å². The van der Waals surface area contributed by atoms with E-state index in [2.05, 4.69) is 30.4 Å². The molecule has 5 rings (SSSR count). The van der Waals surface area contributed by atoms with Crippen LogP contribution in [0.1, 0.15) is 28.9 Å². The number of carbonyl (C=O) groups is 1. The molecule has 1 aromatic carbocycles. The maximum atomic E-state index is 11.4. The number of benzene rings is 1. The third-order valence-corrected chi connectivity index (χ3v) is 8.02. The number of anilines is 4. The van der Waals surface area contributed by atoms with Gasteiger partial charge in [-0.05, 0) is 43.5 Å². The van der Waals surface area contributed by atoms with E-state index in [-0.39, 0.29) is 5.69 Å². The molecular weight excluding hydrogens is 526 g/mol. The van der Waals surface area contributed by atoms with Crippen LogP contribution in [-0.4, -0.2) is 86.7 Å². The number of aromatic carboxylic acids is 1. The highest BCUT2D eigenvalue weighted by Crippen LogP contribution is 2.31. The number of β-amino-alcohol motifs (C(OH)–C–C–N with tert-alkyl or cyclic N) is 1. The number of ether oxygens (including phenoxy) is 1. The summed E-state index contributed by atoms with van der Waals surface area (Å²) in [5.74, 6) is 0.0800. The second kappa shape index (κ2) is 12.1. The SMILES string of the molecule is Cc1cc(N(CCCC(O)CN2CCOCC2)c2nc(C(=O)O)cs2)nnc1Nc1nc2ccccc2s1. The van der Waals surface area contributed by atoms with E-state index in [9.17, 15) is 15.0 Å². The Morgan fingerprint density at radius 2 is 2.05 bits per heavy atom. The summed E-state index contributed by atoms with van der Waals surface area (Å²) in [6, 6.07) is 9.82. The van der Waals surface area contributed by atoms with Crippen LogP contribution in [0.4, 0.5) is 21.9 Å². The van der Waals surface area contributed by atoms with E-state index >= 15 is 0 Å². The number of aliphatic hydroxyl groups excluding tert-OH is 1. The minimum absolute atomic E-state index is 0.0128. The molecule has 0 bridgehead atoms. The van der Waals surface area contributed by atoms with Crippen LogP contribution in [0.25, 0.3) is 10.2 Å². The van der Waals surface area contributed by atoms with Gasteiger partial charge in [0.2, 0.25) is 0 Å². The van der Waals surface area contributed by atoms with Gasteiger partial charge in [-0.15, -0.1) is 21.5 Å². The summed E-state index contributed by atoms with van der Waals surface area (Å²) in [6.45, 7) is 6.08. The molecule has 38 heavy (non-hydrogen) atoms. The van der Waals surface area contributed by atoms with Gasteiger partial charge in [0, 0.05) is 31.6 Å². The van der Waals surface area contributed by atoms with Crippen LogP contribution in [0, 0.1) is 6.92 Å². The molecule has 1 aliphatic rings. The second-order valence-electron chi connectivity index (χ2n) is 9.03. The van der Waals surface area contributed by atoms with Gasteiger partial charge in [-0.3, -0.25) is 4.90 Å². The van der Waals surface area contributed by atoms with Crippen LogP contribution in [0.15, 0.2) is 35.7 Å². The van der Waals surface area contributed by atoms with Crippen molar-refractivity contribution in [1.29, 1.82) is 0 Å². The Balaban J connectivity index is 1.29. The predicted molar refractivity (Wildman–Crippen MR) is 148 cm³/mol. The Bertz CT molecular complexity index is 1360. The first-order valence-corrected chi connectivity index (χ1v) is 14.1. The monoisotopic (exact) mass is 555 g/mol. The average Bonchev–Trinajstić information content (AvgIpc) is 3.56. The molecule has 0 spiro atoms. The highest BCUT2D eigenvalue weighted by atomic mass is 32.1. The van der Waals surface area contributed by atoms with Crippen LogP contribution in [-0.2, 0) is 4.74 Å². The van der Waals surface area contributed by atoms with Gasteiger partial charge in [0.25, 0.3) is 0 Å². The van der Waals surface area contributed by atoms with Crippen molar-refractivity contribution in [3.63, 3.8) is 0 Å². The van der Waals surface area contributed by atoms with Crippen molar-refractivity contribution in [3.8, 4) is 0 Å². The number of hydrogen-bond acceptors (Lipinski definition) is 12. The molecule has 1 aliphatic heterocycles. The summed E-state index contributed by atoms with van der Waals surface area (Å²) in [7, 11) is 0. The molecule has 3 N–H and O–H groups in total. The fraction of sp³-hybridized carbons (Fsp3) is 0.400. The molecule has 0 radical (unpaired) electrons. The Morgan fingerprint density at radius 3 is 2.79 bits per heavy atom. The summed E-state index contributed by atoms with van der Waals surface area (Å²) in [4.78, 5) is 24.4. The van der Waals surface area contributed by atoms with Gasteiger partial charge in [0.05, 0.1) is 29.5 Å². The molecule has 1 fully saturated rings. The third kappa shape index (κ3) is 6.42. The first kappa shape index (κ1) is 26.4. The number of rotatable bonds is 11. The smallest absolute Gasteiger partial charge is 0.355 e. The first-order valence-electron chi connectivity index (χ1n) is 12.4. The minimum Gasteiger partial charge on any atom is -0.476 e. The fourth-order valence-electron chi connectivity index (χ4n) is 4.21. The lowest BCUT2D eigenvalue weighted by Crippen LogP contribution is -2.41. The molecule has 11 nitrogen and oxygen atoms in total. The van der Waals surface area contributed by atoms with Crippen molar-refractivity contribution in [2.45, 2.75) is 25.9 Å². The molecule has 4 aromatic rings. The van der Waals surface area contributed by atoms with Crippen molar-refractivity contribution in [3.05, 3.63) is 47.0 Å². The number of aliphatic hydroxyl groups is 1. The topological polar surface area (TPSA) is 137 Å². The largest absolute Gasteiger partial charge is 0.476 e. The minimum atomic E-state index is -1.08. The lowest BCUT2D eigenvalue weighted by molar-refractivity contribution is 0.0130. The average molecular weight is 556 g/mol. The lowest BCUT2D eigenvalue weighted by atomic mass is 10.1. The standard InChI is InChI=1S/C25H29N7O4S2/c1-16-13-21(29-30-22(16)28-24-26-18-6-2-3-7-20(18)38-24)32(25-27-19(15-37-25)23(34)35)8-4-5-17(33)14-31-9-11-36-12-10-31/h2-3,6-7,13,15,17,33H,4-5,8-12,14H2,1H3,(H,34,35)(H,26,28,30). The van der Waals surface area contributed by atoms with E-state index in [1.54, 1.807) is 11.3 Å². The van der Waals surface area contributed by atoms with E-state index < -0.39 is 12.1 Å². The van der Waals surface area contributed by atoms with Gasteiger partial charge in [0.15, 0.2) is 27.6 Å². The van der Waals surface area contributed by atoms with Crippen LogP contribution in [0.2, 0.25) is 0 Å². The molecule has 3 aromatic heterocycles. The molecule has 200 valence electrons. The van der Waals surface area contributed by atoms with Crippen LogP contribution in [0.3, 0.4) is 0 Å². The van der Waals surface area contributed by atoms with E-state index in [1.807, 2.05) is 42.2 Å². The number of hydrogen-bond donors (Lipinski definition) is 3. The maximum Gasteiger partial charge on any atom is 0.355 e. The summed E-state index contributed by atoms with van der Waals surface area (Å²) in [5.41, 5.74) is 1.77. The number of thiazole rings is 2. The molecule has 0 saturated carbocycles. The Hall–Kier alpha value is -3.23. The van der Waals surface area contributed by atoms with Gasteiger partial charge in [0.1, 0.15) is 0 Å². The summed E-state index contributed by atoms with van der Waals surface area (Å²) in [5, 5.41) is 34.8. The normalized spacial score (nSPS) is 15.0. The molecule has 13 heteroatoms. The van der Waals surface area contributed by atoms with E-state index in [0.717, 1.165) is 34.0 Å². The van der Waals surface area contributed by atoms with Gasteiger partial charge < -0.3 is 25.2 Å². The van der Waals surface area contributed by atoms with Gasteiger partial charge >= 0.3 is 5.97 Å². The van der Waals surface area contributed by atoms with E-state index in [1.165, 1.54) is 16.7 Å². The zero-order chi connectivity index (χ0) is 26.5. The van der Waals surface area contributed by atoms with Crippen LogP contribution >= 0.6 is 22.7 Å². The number of nitrogens with one attached hydrogen (secondary N) is 1. The zero-order valence-electron chi connectivity index (χ0n) is 20.9. The van der Waals surface area contributed by atoms with Crippen molar-refractivity contribution < 1.29 is 19.7 Å². The number of nitrogens with zero attached hydrogens (tertiary/aromatic N) is 6. The van der Waals surface area contributed by atoms with E-state index in [4.69, 9.17) is 4.74 Å². The number of fused-ring (bicyclic) bond motifs is 1. The highest BCUT2D eigenvalue weighted by molar-refractivity contribution is 7.22. The van der Waals surface area contributed by atoms with Crippen molar-refractivity contribution in [1.82, 2.24) is 25.1 Å². The van der Waals surface area contributed by atoms with Crippen LogP contribution < -0.4 is 10.2 Å². The summed E-state index contributed by atoms with van der Waals surface area (Å²) < 4.78 is 6.46. The highest BCUT2D eigenvalue weighted by Gasteiger charge is 2.20. The molecule has 0 amide bonds. The number of aryl methyl sites for hydroxylation is 1. The van der Waals surface area contributed by atoms with Gasteiger partial charge in [-0.25, -0.2) is 14.8 Å².